The van der Waals surface area contributed by atoms with Gasteiger partial charge in [0, 0.05) is 50.9 Å². The number of anilines is 3. The Balaban J connectivity index is 1.63. The van der Waals surface area contributed by atoms with Crippen molar-refractivity contribution in [2.75, 3.05) is 50.6 Å². The van der Waals surface area contributed by atoms with Gasteiger partial charge in [0.1, 0.15) is 17.0 Å². The van der Waals surface area contributed by atoms with Crippen molar-refractivity contribution < 1.29 is 4.74 Å². The summed E-state index contributed by atoms with van der Waals surface area (Å²) in [4.78, 5) is 30.7. The zero-order valence-corrected chi connectivity index (χ0v) is 18.7. The Kier molecular flexibility index (Phi) is 5.77. The van der Waals surface area contributed by atoms with E-state index in [2.05, 4.69) is 43.2 Å². The molecule has 0 saturated carbocycles. The second-order valence-corrected chi connectivity index (χ2v) is 8.22. The van der Waals surface area contributed by atoms with Crippen molar-refractivity contribution >= 4 is 28.5 Å². The summed E-state index contributed by atoms with van der Waals surface area (Å²) in [5.41, 5.74) is 3.34. The van der Waals surface area contributed by atoms with Gasteiger partial charge in [-0.1, -0.05) is 13.8 Å². The minimum Gasteiger partial charge on any atom is -0.494 e. The molecule has 0 atom stereocenters. The van der Waals surface area contributed by atoms with Gasteiger partial charge >= 0.3 is 0 Å². The van der Waals surface area contributed by atoms with Gasteiger partial charge in [-0.2, -0.15) is 4.98 Å². The molecule has 1 aliphatic heterocycles. The monoisotopic (exact) mass is 423 g/mol. The summed E-state index contributed by atoms with van der Waals surface area (Å²) in [6, 6.07) is 6.07. The highest BCUT2D eigenvalue weighted by molar-refractivity contribution is 5.73. The third-order valence-corrected chi connectivity index (χ3v) is 5.68. The van der Waals surface area contributed by atoms with Crippen LogP contribution in [-0.4, -0.2) is 64.8 Å². The maximum Gasteiger partial charge on any atom is 0.273 e. The van der Waals surface area contributed by atoms with Crippen LogP contribution in [0.25, 0.3) is 11.2 Å². The first-order valence-corrected chi connectivity index (χ1v) is 10.5. The summed E-state index contributed by atoms with van der Waals surface area (Å²) >= 11 is 0. The molecule has 3 aromatic rings. The van der Waals surface area contributed by atoms with Crippen LogP contribution in [-0.2, 0) is 7.05 Å². The van der Waals surface area contributed by atoms with E-state index in [1.807, 2.05) is 26.0 Å². The van der Waals surface area contributed by atoms with Crippen molar-refractivity contribution in [1.82, 2.24) is 24.4 Å². The number of hydrogen-bond acceptors (Lipinski definition) is 8. The molecule has 1 aromatic carbocycles. The van der Waals surface area contributed by atoms with Crippen molar-refractivity contribution in [3.63, 3.8) is 0 Å². The first-order valence-electron chi connectivity index (χ1n) is 10.5. The number of methoxy groups -OCH3 is 1. The molecule has 0 spiro atoms. The van der Waals surface area contributed by atoms with E-state index in [0.717, 1.165) is 37.6 Å². The Bertz CT molecular complexity index is 1150. The van der Waals surface area contributed by atoms with Gasteiger partial charge in [0.15, 0.2) is 5.65 Å². The van der Waals surface area contributed by atoms with Crippen molar-refractivity contribution in [1.29, 1.82) is 0 Å². The molecule has 31 heavy (non-hydrogen) atoms. The average Bonchev–Trinajstić information content (AvgIpc) is 2.77. The molecule has 164 valence electrons. The van der Waals surface area contributed by atoms with E-state index in [9.17, 15) is 4.79 Å². The van der Waals surface area contributed by atoms with E-state index in [1.54, 1.807) is 20.4 Å². The van der Waals surface area contributed by atoms with Gasteiger partial charge in [0.05, 0.1) is 19.0 Å². The number of nitrogens with zero attached hydrogens (tertiary/aromatic N) is 6. The van der Waals surface area contributed by atoms with Crippen LogP contribution in [0.4, 0.5) is 17.3 Å². The largest absolute Gasteiger partial charge is 0.494 e. The number of hydrogen-bond donors (Lipinski definition) is 1. The van der Waals surface area contributed by atoms with Crippen LogP contribution < -0.4 is 20.5 Å². The van der Waals surface area contributed by atoms with Crippen LogP contribution in [0.15, 0.2) is 29.2 Å². The van der Waals surface area contributed by atoms with E-state index < -0.39 is 0 Å². The molecular formula is C22H29N7O2. The minimum atomic E-state index is -0.138. The van der Waals surface area contributed by atoms with Gasteiger partial charge in [-0.25, -0.2) is 9.97 Å². The molecule has 1 N–H and O–H groups in total. The lowest BCUT2D eigenvalue weighted by molar-refractivity contribution is 0.312. The molecule has 9 nitrogen and oxygen atoms in total. The van der Waals surface area contributed by atoms with Crippen LogP contribution in [0, 0.1) is 0 Å². The first kappa shape index (κ1) is 21.0. The first-order chi connectivity index (χ1) is 14.9. The summed E-state index contributed by atoms with van der Waals surface area (Å²) in [5.74, 6) is 1.12. The Morgan fingerprint density at radius 2 is 1.84 bits per heavy atom. The van der Waals surface area contributed by atoms with Gasteiger partial charge in [-0.05, 0) is 19.2 Å². The molecular weight excluding hydrogens is 394 g/mol. The fourth-order valence-corrected chi connectivity index (χ4v) is 3.74. The highest BCUT2D eigenvalue weighted by Gasteiger charge is 2.17. The molecule has 1 fully saturated rings. The quantitative estimate of drug-likeness (QED) is 0.669. The zero-order chi connectivity index (χ0) is 22.1. The van der Waals surface area contributed by atoms with Crippen LogP contribution in [0.5, 0.6) is 5.75 Å². The summed E-state index contributed by atoms with van der Waals surface area (Å²) in [5, 5.41) is 3.22. The number of ether oxygens (including phenoxy) is 1. The van der Waals surface area contributed by atoms with Crippen molar-refractivity contribution in [3.05, 3.63) is 40.4 Å². The van der Waals surface area contributed by atoms with Crippen LogP contribution in [0.3, 0.4) is 0 Å². The number of aryl methyl sites for hydroxylation is 1. The molecule has 1 saturated heterocycles. The van der Waals surface area contributed by atoms with Gasteiger partial charge in [-0.3, -0.25) is 9.36 Å². The lowest BCUT2D eigenvalue weighted by Crippen LogP contribution is -2.44. The van der Waals surface area contributed by atoms with Gasteiger partial charge in [0.25, 0.3) is 5.56 Å². The summed E-state index contributed by atoms with van der Waals surface area (Å²) in [6.45, 7) is 7.95. The second kappa shape index (κ2) is 8.50. The van der Waals surface area contributed by atoms with Crippen LogP contribution >= 0.6 is 0 Å². The zero-order valence-electron chi connectivity index (χ0n) is 18.7. The van der Waals surface area contributed by atoms with Crippen LogP contribution in [0.2, 0.25) is 0 Å². The van der Waals surface area contributed by atoms with Crippen molar-refractivity contribution in [2.45, 2.75) is 19.8 Å². The molecule has 0 aliphatic carbocycles. The number of fused-ring (bicyclic) bond motifs is 1. The summed E-state index contributed by atoms with van der Waals surface area (Å²) in [7, 11) is 5.50. The lowest BCUT2D eigenvalue weighted by Gasteiger charge is -2.34. The third kappa shape index (κ3) is 4.18. The van der Waals surface area contributed by atoms with Gasteiger partial charge in [0.2, 0.25) is 5.95 Å². The van der Waals surface area contributed by atoms with Crippen molar-refractivity contribution in [2.24, 2.45) is 7.05 Å². The molecule has 0 amide bonds. The fraction of sp³-hybridized carbons (Fsp3) is 0.455. The Labute approximate surface area is 181 Å². The molecule has 1 aliphatic rings. The number of nitrogens with one attached hydrogen (secondary N) is 1. The minimum absolute atomic E-state index is 0.0315. The van der Waals surface area contributed by atoms with E-state index in [1.165, 1.54) is 4.57 Å². The summed E-state index contributed by atoms with van der Waals surface area (Å²) < 4.78 is 7.15. The highest BCUT2D eigenvalue weighted by atomic mass is 16.5. The number of piperazine rings is 1. The molecule has 9 heteroatoms. The number of rotatable bonds is 5. The smallest absolute Gasteiger partial charge is 0.273 e. The van der Waals surface area contributed by atoms with E-state index in [-0.39, 0.29) is 11.5 Å². The predicted molar refractivity (Wildman–Crippen MR) is 123 cm³/mol. The standard InChI is InChI=1S/C22H29N7O2/c1-14(2)19-21(30)28(4)20-17(24-19)13-23-22(26-20)25-16-7-6-15(12-18(16)31-5)29-10-8-27(3)9-11-29/h6-7,12-14H,8-11H2,1-5H3,(H,23,25,26). The van der Waals surface area contributed by atoms with Crippen LogP contribution in [0.1, 0.15) is 25.5 Å². The number of likely N-dealkylation sites (N-methyl/N-ethyl adjacent to an activating group) is 1. The maximum atomic E-state index is 12.6. The van der Waals surface area contributed by atoms with E-state index >= 15 is 0 Å². The number of benzene rings is 1. The second-order valence-electron chi connectivity index (χ2n) is 8.22. The van der Waals surface area contributed by atoms with Gasteiger partial charge in [-0.15, -0.1) is 0 Å². The lowest BCUT2D eigenvalue weighted by atomic mass is 10.1. The average molecular weight is 424 g/mol. The molecule has 0 bridgehead atoms. The highest BCUT2D eigenvalue weighted by Crippen LogP contribution is 2.32. The van der Waals surface area contributed by atoms with E-state index in [4.69, 9.17) is 4.74 Å². The van der Waals surface area contributed by atoms with Crippen molar-refractivity contribution in [3.8, 4) is 5.75 Å². The normalized spacial score (nSPS) is 15.0. The Hall–Kier alpha value is -3.20. The summed E-state index contributed by atoms with van der Waals surface area (Å²) in [6.07, 6.45) is 1.64. The SMILES string of the molecule is COc1cc(N2CCN(C)CC2)ccc1Nc1ncc2nc(C(C)C)c(=O)n(C)c2n1. The predicted octanol–water partition coefficient (Wildman–Crippen LogP) is 2.35. The van der Waals surface area contributed by atoms with E-state index in [0.29, 0.717) is 28.6 Å². The maximum absolute atomic E-state index is 12.6. The topological polar surface area (TPSA) is 88.4 Å². The Morgan fingerprint density at radius 1 is 1.10 bits per heavy atom. The molecule has 3 heterocycles. The third-order valence-electron chi connectivity index (χ3n) is 5.68. The molecule has 0 unspecified atom stereocenters. The number of aromatic nitrogens is 4. The van der Waals surface area contributed by atoms with Gasteiger partial charge < -0.3 is 19.9 Å². The Morgan fingerprint density at radius 3 is 2.52 bits per heavy atom. The fourth-order valence-electron chi connectivity index (χ4n) is 3.74. The molecule has 0 radical (unpaired) electrons. The molecule has 2 aromatic heterocycles. The molecule has 4 rings (SSSR count).